The molecular formula is C16H28N4O2. The van der Waals surface area contributed by atoms with Crippen molar-refractivity contribution in [3.8, 4) is 0 Å². The first-order valence-electron chi connectivity index (χ1n) is 8.01. The molecule has 2 fully saturated rings. The van der Waals surface area contributed by atoms with Crippen LogP contribution >= 0.6 is 0 Å². The van der Waals surface area contributed by atoms with Crippen LogP contribution in [0.5, 0.6) is 0 Å². The number of amides is 1. The quantitative estimate of drug-likeness (QED) is 0.448. The van der Waals surface area contributed by atoms with Crippen molar-refractivity contribution in [3.63, 3.8) is 0 Å². The van der Waals surface area contributed by atoms with E-state index < -0.39 is 6.04 Å². The molecule has 1 saturated carbocycles. The number of hydrazine groups is 1. The Morgan fingerprint density at radius 1 is 1.32 bits per heavy atom. The van der Waals surface area contributed by atoms with Crippen LogP contribution in [0, 0.1) is 11.3 Å². The van der Waals surface area contributed by atoms with E-state index in [2.05, 4.69) is 0 Å². The molecule has 1 saturated heterocycles. The molecule has 0 spiro atoms. The van der Waals surface area contributed by atoms with E-state index in [0.29, 0.717) is 12.5 Å². The SMILES string of the molecule is CC(C)(C)C(C(=O)N1CCCC1C=O)N(N)/C=C(\N)C1CC1. The Morgan fingerprint density at radius 3 is 2.45 bits per heavy atom. The van der Waals surface area contributed by atoms with Gasteiger partial charge in [-0.05, 0) is 31.1 Å². The van der Waals surface area contributed by atoms with Crippen LogP contribution in [-0.2, 0) is 9.59 Å². The van der Waals surface area contributed by atoms with Crippen molar-refractivity contribution in [2.75, 3.05) is 6.54 Å². The molecule has 0 aromatic carbocycles. The summed E-state index contributed by atoms with van der Waals surface area (Å²) in [7, 11) is 0. The van der Waals surface area contributed by atoms with Crippen LogP contribution < -0.4 is 11.6 Å². The first-order valence-corrected chi connectivity index (χ1v) is 8.01. The largest absolute Gasteiger partial charge is 0.401 e. The summed E-state index contributed by atoms with van der Waals surface area (Å²) in [6.07, 6.45) is 6.32. The summed E-state index contributed by atoms with van der Waals surface area (Å²) in [6, 6.07) is -0.860. The number of rotatable bonds is 5. The third-order valence-corrected chi connectivity index (χ3v) is 4.44. The summed E-state index contributed by atoms with van der Waals surface area (Å²) in [5.74, 6) is 6.47. The molecule has 2 unspecified atom stereocenters. The minimum Gasteiger partial charge on any atom is -0.401 e. The van der Waals surface area contributed by atoms with Crippen molar-refractivity contribution < 1.29 is 9.59 Å². The summed E-state index contributed by atoms with van der Waals surface area (Å²) in [4.78, 5) is 25.8. The molecule has 0 aromatic heterocycles. The van der Waals surface area contributed by atoms with Gasteiger partial charge in [0, 0.05) is 24.4 Å². The Hall–Kier alpha value is -1.56. The molecule has 2 rings (SSSR count). The molecule has 6 heteroatoms. The number of hydrogen-bond acceptors (Lipinski definition) is 5. The minimum absolute atomic E-state index is 0.0931. The molecule has 2 atom stereocenters. The summed E-state index contributed by atoms with van der Waals surface area (Å²) >= 11 is 0. The Kier molecular flexibility index (Phi) is 4.80. The van der Waals surface area contributed by atoms with E-state index >= 15 is 0 Å². The van der Waals surface area contributed by atoms with Crippen LogP contribution in [0.1, 0.15) is 46.5 Å². The Balaban J connectivity index is 2.20. The van der Waals surface area contributed by atoms with Crippen LogP contribution in [-0.4, -0.2) is 40.7 Å². The average Bonchev–Trinajstić information content (AvgIpc) is 3.14. The summed E-state index contributed by atoms with van der Waals surface area (Å²) in [5, 5.41) is 1.44. The molecule has 1 aliphatic carbocycles. The van der Waals surface area contributed by atoms with Gasteiger partial charge in [-0.1, -0.05) is 20.8 Å². The van der Waals surface area contributed by atoms with Crippen molar-refractivity contribution >= 4 is 12.2 Å². The van der Waals surface area contributed by atoms with Crippen molar-refractivity contribution in [2.24, 2.45) is 22.9 Å². The Labute approximate surface area is 132 Å². The van der Waals surface area contributed by atoms with Crippen LogP contribution in [0.4, 0.5) is 0 Å². The van der Waals surface area contributed by atoms with Gasteiger partial charge in [0.15, 0.2) is 0 Å². The smallest absolute Gasteiger partial charge is 0.247 e. The molecule has 0 aromatic rings. The van der Waals surface area contributed by atoms with E-state index in [0.717, 1.165) is 37.7 Å². The molecular weight excluding hydrogens is 280 g/mol. The van der Waals surface area contributed by atoms with Gasteiger partial charge in [-0.3, -0.25) is 4.79 Å². The number of nitrogens with two attached hydrogens (primary N) is 2. The maximum Gasteiger partial charge on any atom is 0.247 e. The third-order valence-electron chi connectivity index (χ3n) is 4.44. The molecule has 2 aliphatic rings. The van der Waals surface area contributed by atoms with Gasteiger partial charge in [-0.15, -0.1) is 0 Å². The molecule has 1 amide bonds. The molecule has 0 radical (unpaired) electrons. The van der Waals surface area contributed by atoms with Crippen molar-refractivity contribution in [1.29, 1.82) is 0 Å². The normalized spacial score (nSPS) is 24.3. The second-order valence-electron chi connectivity index (χ2n) is 7.50. The zero-order chi connectivity index (χ0) is 16.5. The predicted octanol–water partition coefficient (Wildman–Crippen LogP) is 0.977. The van der Waals surface area contributed by atoms with E-state index in [1.807, 2.05) is 20.8 Å². The monoisotopic (exact) mass is 308 g/mol. The second-order valence-corrected chi connectivity index (χ2v) is 7.50. The van der Waals surface area contributed by atoms with Gasteiger partial charge in [-0.25, -0.2) is 5.84 Å². The third kappa shape index (κ3) is 3.61. The van der Waals surface area contributed by atoms with Crippen molar-refractivity contribution in [1.82, 2.24) is 9.91 Å². The van der Waals surface area contributed by atoms with E-state index in [-0.39, 0.29) is 17.4 Å². The van der Waals surface area contributed by atoms with Crippen LogP contribution in [0.25, 0.3) is 0 Å². The Bertz CT molecular complexity index is 465. The summed E-state index contributed by atoms with van der Waals surface area (Å²) in [6.45, 7) is 6.54. The van der Waals surface area contributed by atoms with E-state index in [4.69, 9.17) is 11.6 Å². The first kappa shape index (κ1) is 16.8. The average molecular weight is 308 g/mol. The van der Waals surface area contributed by atoms with Gasteiger partial charge in [-0.2, -0.15) is 0 Å². The number of aldehydes is 1. The fourth-order valence-electron chi connectivity index (χ4n) is 3.08. The van der Waals surface area contributed by atoms with Crippen molar-refractivity contribution in [3.05, 3.63) is 11.9 Å². The van der Waals surface area contributed by atoms with Gasteiger partial charge in [0.25, 0.3) is 0 Å². The van der Waals surface area contributed by atoms with Gasteiger partial charge in [0.2, 0.25) is 5.91 Å². The van der Waals surface area contributed by atoms with E-state index in [1.165, 1.54) is 5.01 Å². The highest BCUT2D eigenvalue weighted by molar-refractivity contribution is 5.85. The predicted molar refractivity (Wildman–Crippen MR) is 85.1 cm³/mol. The molecule has 22 heavy (non-hydrogen) atoms. The lowest BCUT2D eigenvalue weighted by atomic mass is 9.85. The lowest BCUT2D eigenvalue weighted by Gasteiger charge is -2.39. The number of carbonyl (C=O) groups excluding carboxylic acids is 2. The van der Waals surface area contributed by atoms with Crippen LogP contribution in [0.3, 0.4) is 0 Å². The maximum absolute atomic E-state index is 12.9. The second kappa shape index (κ2) is 6.28. The van der Waals surface area contributed by atoms with Gasteiger partial charge in [0.05, 0.1) is 6.04 Å². The fraction of sp³-hybridized carbons (Fsp3) is 0.750. The number of nitrogens with zero attached hydrogens (tertiary/aromatic N) is 2. The summed E-state index contributed by atoms with van der Waals surface area (Å²) < 4.78 is 0. The molecule has 4 N–H and O–H groups in total. The number of carbonyl (C=O) groups is 2. The van der Waals surface area contributed by atoms with Crippen LogP contribution in [0.2, 0.25) is 0 Å². The lowest BCUT2D eigenvalue weighted by Crippen LogP contribution is -2.56. The number of allylic oxidation sites excluding steroid dienone is 1. The highest BCUT2D eigenvalue weighted by Gasteiger charge is 2.41. The molecule has 124 valence electrons. The molecule has 1 aliphatic heterocycles. The van der Waals surface area contributed by atoms with E-state index in [9.17, 15) is 9.59 Å². The topological polar surface area (TPSA) is 92.7 Å². The van der Waals surface area contributed by atoms with Crippen LogP contribution in [0.15, 0.2) is 11.9 Å². The zero-order valence-corrected chi connectivity index (χ0v) is 13.8. The van der Waals surface area contributed by atoms with E-state index in [1.54, 1.807) is 11.1 Å². The first-order chi connectivity index (χ1) is 10.3. The fourth-order valence-corrected chi connectivity index (χ4v) is 3.08. The highest BCUT2D eigenvalue weighted by atomic mass is 16.2. The molecule has 1 heterocycles. The molecule has 0 bridgehead atoms. The minimum atomic E-state index is -0.537. The molecule has 6 nitrogen and oxygen atoms in total. The van der Waals surface area contributed by atoms with Gasteiger partial charge < -0.3 is 20.4 Å². The maximum atomic E-state index is 12.9. The summed E-state index contributed by atoms with van der Waals surface area (Å²) in [5.41, 5.74) is 6.40. The standard InChI is InChI=1S/C16H28N4O2/c1-16(2,3)14(20(18)9-13(17)11-6-7-11)15(22)19-8-4-5-12(19)10-21/h9-12,14H,4-8,17-18H2,1-3H3/b13-9-. The lowest BCUT2D eigenvalue weighted by molar-refractivity contribution is -0.142. The number of likely N-dealkylation sites (tertiary alicyclic amines) is 1. The highest BCUT2D eigenvalue weighted by Crippen LogP contribution is 2.34. The van der Waals surface area contributed by atoms with Gasteiger partial charge in [0.1, 0.15) is 12.3 Å². The van der Waals surface area contributed by atoms with Gasteiger partial charge >= 0.3 is 0 Å². The number of hydrogen-bond donors (Lipinski definition) is 2. The zero-order valence-electron chi connectivity index (χ0n) is 13.8. The Morgan fingerprint density at radius 2 is 1.95 bits per heavy atom. The van der Waals surface area contributed by atoms with Crippen molar-refractivity contribution in [2.45, 2.75) is 58.5 Å².